The summed E-state index contributed by atoms with van der Waals surface area (Å²) in [6.45, 7) is 1.76. The lowest BCUT2D eigenvalue weighted by atomic mass is 10.1. The molecule has 1 heterocycles. The van der Waals surface area contributed by atoms with E-state index < -0.39 is 6.10 Å². The smallest absolute Gasteiger partial charge is 0.242 e. The minimum Gasteiger partial charge on any atom is -0.392 e. The van der Waals surface area contributed by atoms with Gasteiger partial charge in [0.05, 0.1) is 19.1 Å². The second kappa shape index (κ2) is 5.69. The van der Waals surface area contributed by atoms with E-state index in [0.29, 0.717) is 5.92 Å². The molecular weight excluding hydrogens is 232 g/mol. The zero-order valence-corrected chi connectivity index (χ0v) is 11.0. The van der Waals surface area contributed by atoms with Gasteiger partial charge in [-0.15, -0.1) is 0 Å². The van der Waals surface area contributed by atoms with Crippen LogP contribution < -0.4 is 0 Å². The largest absolute Gasteiger partial charge is 0.392 e. The molecule has 1 saturated carbocycles. The molecule has 2 amide bonds. The highest BCUT2D eigenvalue weighted by molar-refractivity contribution is 5.85. The van der Waals surface area contributed by atoms with Gasteiger partial charge in [-0.25, -0.2) is 0 Å². The second-order valence-electron chi connectivity index (χ2n) is 5.45. The molecule has 0 aromatic rings. The maximum atomic E-state index is 11.9. The number of amides is 2. The number of nitrogens with zero attached hydrogens (tertiary/aromatic N) is 2. The van der Waals surface area contributed by atoms with E-state index in [1.165, 1.54) is 4.90 Å². The van der Waals surface area contributed by atoms with Crippen molar-refractivity contribution in [1.29, 1.82) is 0 Å². The number of aliphatic hydroxyl groups excluding tert-OH is 1. The molecule has 2 rings (SSSR count). The molecule has 0 spiro atoms. The van der Waals surface area contributed by atoms with Gasteiger partial charge in [0.15, 0.2) is 0 Å². The minimum absolute atomic E-state index is 0.0178. The lowest BCUT2D eigenvalue weighted by molar-refractivity contribution is -0.140. The summed E-state index contributed by atoms with van der Waals surface area (Å²) < 4.78 is 0. The standard InChI is InChI=1S/C13H22N2O3/c1-14(9-13(18)15-6-2-3-7-15)12(17)8-11(16)10-4-5-10/h10-11,16H,2-9H2,1H3. The van der Waals surface area contributed by atoms with Gasteiger partial charge in [-0.05, 0) is 31.6 Å². The highest BCUT2D eigenvalue weighted by Crippen LogP contribution is 2.34. The summed E-state index contributed by atoms with van der Waals surface area (Å²) in [6.07, 6.45) is 3.78. The van der Waals surface area contributed by atoms with Crippen molar-refractivity contribution in [2.24, 2.45) is 5.92 Å². The van der Waals surface area contributed by atoms with Gasteiger partial charge in [-0.2, -0.15) is 0 Å². The van der Waals surface area contributed by atoms with Crippen LogP contribution >= 0.6 is 0 Å². The zero-order chi connectivity index (χ0) is 13.1. The minimum atomic E-state index is -0.526. The monoisotopic (exact) mass is 254 g/mol. The van der Waals surface area contributed by atoms with Crippen molar-refractivity contribution in [2.75, 3.05) is 26.7 Å². The summed E-state index contributed by atoms with van der Waals surface area (Å²) in [5.74, 6) is 0.183. The first-order chi connectivity index (χ1) is 8.58. The molecule has 1 N–H and O–H groups in total. The van der Waals surface area contributed by atoms with Crippen LogP contribution in [0.2, 0.25) is 0 Å². The van der Waals surface area contributed by atoms with Crippen LogP contribution in [-0.4, -0.2) is 59.5 Å². The molecule has 0 radical (unpaired) electrons. The molecule has 0 bridgehead atoms. The topological polar surface area (TPSA) is 60.9 Å². The Labute approximate surface area is 108 Å². The van der Waals surface area contributed by atoms with Crippen LogP contribution in [0.4, 0.5) is 0 Å². The van der Waals surface area contributed by atoms with Crippen molar-refractivity contribution >= 4 is 11.8 Å². The Morgan fingerprint density at radius 3 is 2.50 bits per heavy atom. The molecule has 1 aliphatic heterocycles. The maximum absolute atomic E-state index is 11.9. The summed E-state index contributed by atoms with van der Waals surface area (Å²) in [5.41, 5.74) is 0. The van der Waals surface area contributed by atoms with Gasteiger partial charge in [0.1, 0.15) is 0 Å². The van der Waals surface area contributed by atoms with E-state index in [1.807, 2.05) is 0 Å². The number of carbonyl (C=O) groups excluding carboxylic acids is 2. The molecule has 0 aromatic carbocycles. The van der Waals surface area contributed by atoms with E-state index in [4.69, 9.17) is 0 Å². The number of likely N-dealkylation sites (tertiary alicyclic amines) is 1. The van der Waals surface area contributed by atoms with Crippen LogP contribution in [0.5, 0.6) is 0 Å². The van der Waals surface area contributed by atoms with E-state index >= 15 is 0 Å². The van der Waals surface area contributed by atoms with Crippen molar-refractivity contribution in [2.45, 2.75) is 38.2 Å². The molecule has 5 nitrogen and oxygen atoms in total. The van der Waals surface area contributed by atoms with E-state index in [2.05, 4.69) is 0 Å². The van der Waals surface area contributed by atoms with Crippen LogP contribution in [0.1, 0.15) is 32.1 Å². The molecule has 0 aromatic heterocycles. The van der Waals surface area contributed by atoms with Crippen LogP contribution in [-0.2, 0) is 9.59 Å². The van der Waals surface area contributed by atoms with Crippen molar-refractivity contribution in [3.8, 4) is 0 Å². The Balaban J connectivity index is 1.73. The Kier molecular flexibility index (Phi) is 4.22. The highest BCUT2D eigenvalue weighted by Gasteiger charge is 2.32. The van der Waals surface area contributed by atoms with E-state index in [9.17, 15) is 14.7 Å². The molecule has 1 aliphatic carbocycles. The van der Waals surface area contributed by atoms with Gasteiger partial charge in [0, 0.05) is 20.1 Å². The van der Waals surface area contributed by atoms with Gasteiger partial charge >= 0.3 is 0 Å². The highest BCUT2D eigenvalue weighted by atomic mass is 16.3. The molecule has 2 fully saturated rings. The quantitative estimate of drug-likeness (QED) is 0.764. The third kappa shape index (κ3) is 3.45. The van der Waals surface area contributed by atoms with Gasteiger partial charge in [0.25, 0.3) is 0 Å². The fourth-order valence-corrected chi connectivity index (χ4v) is 2.34. The van der Waals surface area contributed by atoms with Gasteiger partial charge < -0.3 is 14.9 Å². The Hall–Kier alpha value is -1.10. The molecule has 18 heavy (non-hydrogen) atoms. The number of hydrogen-bond acceptors (Lipinski definition) is 3. The lowest BCUT2D eigenvalue weighted by Crippen LogP contribution is -2.40. The Morgan fingerprint density at radius 1 is 1.33 bits per heavy atom. The molecular formula is C13H22N2O3. The molecule has 1 unspecified atom stereocenters. The molecule has 2 aliphatic rings. The zero-order valence-electron chi connectivity index (χ0n) is 11.0. The van der Waals surface area contributed by atoms with Gasteiger partial charge in [-0.1, -0.05) is 0 Å². The third-order valence-electron chi connectivity index (χ3n) is 3.81. The van der Waals surface area contributed by atoms with Crippen LogP contribution in [0.25, 0.3) is 0 Å². The fraction of sp³-hybridized carbons (Fsp3) is 0.846. The number of likely N-dealkylation sites (N-methyl/N-ethyl adjacent to an activating group) is 1. The van der Waals surface area contributed by atoms with E-state index in [0.717, 1.165) is 38.8 Å². The summed E-state index contributed by atoms with van der Waals surface area (Å²) in [4.78, 5) is 26.9. The maximum Gasteiger partial charge on any atom is 0.242 e. The first-order valence-electron chi connectivity index (χ1n) is 6.77. The Morgan fingerprint density at radius 2 is 1.94 bits per heavy atom. The number of carbonyl (C=O) groups is 2. The first kappa shape index (κ1) is 13.3. The lowest BCUT2D eigenvalue weighted by Gasteiger charge is -2.22. The first-order valence-corrected chi connectivity index (χ1v) is 6.77. The SMILES string of the molecule is CN(CC(=O)N1CCCC1)C(=O)CC(O)C1CC1. The average Bonchev–Trinajstić information content (AvgIpc) is 3.04. The number of rotatable bonds is 5. The Bertz CT molecular complexity index is 322. The van der Waals surface area contributed by atoms with Gasteiger partial charge in [0.2, 0.25) is 11.8 Å². The number of aliphatic hydroxyl groups is 1. The summed E-state index contributed by atoms with van der Waals surface area (Å²) >= 11 is 0. The predicted molar refractivity (Wildman–Crippen MR) is 66.8 cm³/mol. The summed E-state index contributed by atoms with van der Waals surface area (Å²) in [5, 5.41) is 9.71. The molecule has 1 atom stereocenters. The van der Waals surface area contributed by atoms with Crippen molar-refractivity contribution < 1.29 is 14.7 Å². The molecule has 1 saturated heterocycles. The number of hydrogen-bond donors (Lipinski definition) is 1. The fourth-order valence-electron chi connectivity index (χ4n) is 2.34. The van der Waals surface area contributed by atoms with Crippen molar-refractivity contribution in [3.63, 3.8) is 0 Å². The normalized spacial score (nSPS) is 20.9. The van der Waals surface area contributed by atoms with Crippen molar-refractivity contribution in [1.82, 2.24) is 9.80 Å². The van der Waals surface area contributed by atoms with Crippen LogP contribution in [0.3, 0.4) is 0 Å². The van der Waals surface area contributed by atoms with E-state index in [1.54, 1.807) is 11.9 Å². The van der Waals surface area contributed by atoms with Gasteiger partial charge in [-0.3, -0.25) is 9.59 Å². The van der Waals surface area contributed by atoms with E-state index in [-0.39, 0.29) is 24.8 Å². The second-order valence-corrected chi connectivity index (χ2v) is 5.45. The predicted octanol–water partition coefficient (Wildman–Crippen LogP) is 0.228. The van der Waals surface area contributed by atoms with Crippen LogP contribution in [0.15, 0.2) is 0 Å². The molecule has 5 heteroatoms. The average molecular weight is 254 g/mol. The summed E-state index contributed by atoms with van der Waals surface area (Å²) in [6, 6.07) is 0. The molecule has 102 valence electrons. The summed E-state index contributed by atoms with van der Waals surface area (Å²) in [7, 11) is 1.63. The van der Waals surface area contributed by atoms with Crippen LogP contribution in [0, 0.1) is 5.92 Å². The van der Waals surface area contributed by atoms with Crippen molar-refractivity contribution in [3.05, 3.63) is 0 Å². The third-order valence-corrected chi connectivity index (χ3v) is 3.81.